The molecular weight excluding hydrogens is 458 g/mol. The van der Waals surface area contributed by atoms with Gasteiger partial charge in [-0.25, -0.2) is 8.78 Å². The van der Waals surface area contributed by atoms with Crippen molar-refractivity contribution in [2.75, 3.05) is 23.7 Å². The zero-order chi connectivity index (χ0) is 26.7. The monoisotopic (exact) mass is 500 g/mol. The van der Waals surface area contributed by atoms with Crippen LogP contribution in [0.4, 0.5) is 20.2 Å². The molecule has 1 aliphatic rings. The average molecular weight is 501 g/mol. The smallest absolute Gasteiger partial charge is 0.196 e. The molecule has 2 aromatic carbocycles. The number of ketones is 2. The van der Waals surface area contributed by atoms with Gasteiger partial charge >= 0.3 is 0 Å². The normalized spacial score (nSPS) is 12.9. The Bertz CT molecular complexity index is 1030. The number of hydrogen-bond acceptors (Lipinski definition) is 4. The number of halogens is 2. The van der Waals surface area contributed by atoms with Crippen molar-refractivity contribution in [1.82, 2.24) is 0 Å². The average Bonchev–Trinajstić information content (AvgIpc) is 2.89. The second kappa shape index (κ2) is 14.7. The number of nitrogens with one attached hydrogen (secondary N) is 2. The van der Waals surface area contributed by atoms with Crippen molar-refractivity contribution < 1.29 is 18.4 Å². The van der Waals surface area contributed by atoms with Gasteiger partial charge in [-0.05, 0) is 18.8 Å². The molecule has 0 bridgehead atoms. The van der Waals surface area contributed by atoms with Crippen LogP contribution in [0.2, 0.25) is 0 Å². The van der Waals surface area contributed by atoms with Crippen LogP contribution in [0.25, 0.3) is 0 Å². The van der Waals surface area contributed by atoms with Gasteiger partial charge < -0.3 is 10.6 Å². The molecule has 1 aliphatic carbocycles. The van der Waals surface area contributed by atoms with Gasteiger partial charge in [0.2, 0.25) is 0 Å². The van der Waals surface area contributed by atoms with Crippen LogP contribution in [0.1, 0.15) is 118 Å². The van der Waals surface area contributed by atoms with Gasteiger partial charge in [0.25, 0.3) is 0 Å². The van der Waals surface area contributed by atoms with E-state index in [-0.39, 0.29) is 39.5 Å². The molecule has 0 saturated carbocycles. The van der Waals surface area contributed by atoms with E-state index in [2.05, 4.69) is 38.3 Å². The van der Waals surface area contributed by atoms with Gasteiger partial charge in [-0.3, -0.25) is 9.59 Å². The molecule has 6 heteroatoms. The standard InChI is InChI=1S/C25H30F2N2O2.C5H12/c1-4-7-10-15(6-3)14-29-23-19-18(22(28-13-5-2)20(26)21(23)27)24(30)16-11-8-9-12-17(16)25(19)31;1-3-5-4-2/h8-9,11-12,15,28-29H,4-7,10,13-14H2,1-3H3;3-5H2,1-2H3. The molecule has 3 rings (SSSR count). The second-order valence-corrected chi connectivity index (χ2v) is 9.41. The molecule has 0 aromatic heterocycles. The number of fused-ring (bicyclic) bond motifs is 2. The zero-order valence-electron chi connectivity index (χ0n) is 22.5. The number of unbranched alkanes of at least 4 members (excludes halogenated alkanes) is 3. The maximum atomic E-state index is 15.2. The topological polar surface area (TPSA) is 58.2 Å². The Balaban J connectivity index is 0.000000830. The molecular formula is C30H42F2N2O2. The molecule has 0 spiro atoms. The minimum atomic E-state index is -1.13. The predicted octanol–water partition coefficient (Wildman–Crippen LogP) is 8.39. The van der Waals surface area contributed by atoms with Gasteiger partial charge in [0.1, 0.15) is 0 Å². The minimum absolute atomic E-state index is 0.0773. The molecule has 0 fully saturated rings. The summed E-state index contributed by atoms with van der Waals surface area (Å²) in [6.45, 7) is 11.2. The third kappa shape index (κ3) is 6.71. The summed E-state index contributed by atoms with van der Waals surface area (Å²) in [6, 6.07) is 6.43. The van der Waals surface area contributed by atoms with Gasteiger partial charge in [0, 0.05) is 24.2 Å². The lowest BCUT2D eigenvalue weighted by Crippen LogP contribution is -2.27. The van der Waals surface area contributed by atoms with Crippen molar-refractivity contribution in [1.29, 1.82) is 0 Å². The van der Waals surface area contributed by atoms with E-state index in [9.17, 15) is 9.59 Å². The first-order chi connectivity index (χ1) is 17.4. The molecule has 0 heterocycles. The van der Waals surface area contributed by atoms with Crippen LogP contribution in [-0.4, -0.2) is 24.7 Å². The van der Waals surface area contributed by atoms with E-state index < -0.39 is 23.2 Å². The fourth-order valence-electron chi connectivity index (χ4n) is 4.42. The highest BCUT2D eigenvalue weighted by Crippen LogP contribution is 2.40. The minimum Gasteiger partial charge on any atom is -0.382 e. The maximum Gasteiger partial charge on any atom is 0.196 e. The lowest BCUT2D eigenvalue weighted by molar-refractivity contribution is 0.0979. The zero-order valence-corrected chi connectivity index (χ0v) is 22.5. The molecule has 198 valence electrons. The second-order valence-electron chi connectivity index (χ2n) is 9.41. The van der Waals surface area contributed by atoms with E-state index in [4.69, 9.17) is 0 Å². The molecule has 1 atom stereocenters. The SMILES string of the molecule is CCCCC.CCCCC(CC)CNc1c(F)c(F)c(NCCC)c2c1C(=O)c1ccccc1C2=O. The quantitative estimate of drug-likeness (QED) is 0.262. The summed E-state index contributed by atoms with van der Waals surface area (Å²) in [5, 5.41) is 5.82. The van der Waals surface area contributed by atoms with Gasteiger partial charge in [-0.1, -0.05) is 97.4 Å². The Labute approximate surface area is 215 Å². The van der Waals surface area contributed by atoms with Crippen molar-refractivity contribution in [3.8, 4) is 0 Å². The van der Waals surface area contributed by atoms with Gasteiger partial charge in [-0.2, -0.15) is 0 Å². The molecule has 2 aromatic rings. The summed E-state index contributed by atoms with van der Waals surface area (Å²) in [6.07, 6.45) is 8.66. The lowest BCUT2D eigenvalue weighted by Gasteiger charge is -2.26. The summed E-state index contributed by atoms with van der Waals surface area (Å²) in [4.78, 5) is 26.6. The highest BCUT2D eigenvalue weighted by Gasteiger charge is 2.38. The Morgan fingerprint density at radius 2 is 1.22 bits per heavy atom. The van der Waals surface area contributed by atoms with Crippen LogP contribution in [0.5, 0.6) is 0 Å². The first-order valence-electron chi connectivity index (χ1n) is 13.6. The van der Waals surface area contributed by atoms with Crippen LogP contribution in [0, 0.1) is 17.6 Å². The Hall–Kier alpha value is -2.76. The van der Waals surface area contributed by atoms with Crippen LogP contribution >= 0.6 is 0 Å². The molecule has 0 saturated heterocycles. The molecule has 36 heavy (non-hydrogen) atoms. The van der Waals surface area contributed by atoms with Crippen LogP contribution < -0.4 is 10.6 Å². The number of hydrogen-bond donors (Lipinski definition) is 2. The number of benzene rings is 2. The third-order valence-corrected chi connectivity index (χ3v) is 6.62. The largest absolute Gasteiger partial charge is 0.382 e. The van der Waals surface area contributed by atoms with Crippen LogP contribution in [-0.2, 0) is 0 Å². The molecule has 1 unspecified atom stereocenters. The van der Waals surface area contributed by atoms with Crippen molar-refractivity contribution in [3.05, 3.63) is 58.2 Å². The highest BCUT2D eigenvalue weighted by molar-refractivity contribution is 6.32. The molecule has 0 amide bonds. The summed E-state index contributed by atoms with van der Waals surface area (Å²) in [7, 11) is 0. The summed E-state index contributed by atoms with van der Waals surface area (Å²) < 4.78 is 30.3. The summed E-state index contributed by atoms with van der Waals surface area (Å²) in [5.41, 5.74) is -0.172. The number of carbonyl (C=O) groups excluding carboxylic acids is 2. The Morgan fingerprint density at radius 3 is 1.64 bits per heavy atom. The van der Waals surface area contributed by atoms with E-state index in [0.717, 1.165) is 25.7 Å². The predicted molar refractivity (Wildman–Crippen MR) is 145 cm³/mol. The summed E-state index contributed by atoms with van der Waals surface area (Å²) >= 11 is 0. The van der Waals surface area contributed by atoms with Crippen molar-refractivity contribution in [3.63, 3.8) is 0 Å². The molecule has 4 nitrogen and oxygen atoms in total. The highest BCUT2D eigenvalue weighted by atomic mass is 19.2. The molecule has 2 N–H and O–H groups in total. The van der Waals surface area contributed by atoms with Gasteiger partial charge in [0.05, 0.1) is 22.5 Å². The van der Waals surface area contributed by atoms with Crippen molar-refractivity contribution >= 4 is 22.9 Å². The van der Waals surface area contributed by atoms with E-state index >= 15 is 8.78 Å². The maximum absolute atomic E-state index is 15.2. The van der Waals surface area contributed by atoms with Gasteiger partial charge in [0.15, 0.2) is 23.2 Å². The number of rotatable bonds is 12. The van der Waals surface area contributed by atoms with Crippen LogP contribution in [0.15, 0.2) is 24.3 Å². The molecule has 0 aliphatic heterocycles. The summed E-state index contributed by atoms with van der Waals surface area (Å²) in [5.74, 6) is -2.92. The van der Waals surface area contributed by atoms with E-state index in [1.54, 1.807) is 24.3 Å². The van der Waals surface area contributed by atoms with Crippen LogP contribution in [0.3, 0.4) is 0 Å². The number of anilines is 2. The van der Waals surface area contributed by atoms with E-state index in [1.165, 1.54) is 19.3 Å². The fourth-order valence-corrected chi connectivity index (χ4v) is 4.42. The van der Waals surface area contributed by atoms with E-state index in [0.29, 0.717) is 19.5 Å². The Kier molecular flexibility index (Phi) is 12.0. The molecule has 0 radical (unpaired) electrons. The number of carbonyl (C=O) groups is 2. The third-order valence-electron chi connectivity index (χ3n) is 6.62. The van der Waals surface area contributed by atoms with Crippen molar-refractivity contribution in [2.24, 2.45) is 5.92 Å². The fraction of sp³-hybridized carbons (Fsp3) is 0.533. The van der Waals surface area contributed by atoms with Crippen molar-refractivity contribution in [2.45, 2.75) is 86.0 Å². The first-order valence-corrected chi connectivity index (χ1v) is 13.6. The van der Waals surface area contributed by atoms with E-state index in [1.807, 2.05) is 6.92 Å². The first kappa shape index (κ1) is 29.5. The Morgan fingerprint density at radius 1 is 0.722 bits per heavy atom. The van der Waals surface area contributed by atoms with Gasteiger partial charge in [-0.15, -0.1) is 0 Å². The lowest BCUT2D eigenvalue weighted by atomic mass is 9.81.